The number of carbonyl (C=O) groups is 2. The van der Waals surface area contributed by atoms with Crippen molar-refractivity contribution >= 4 is 11.9 Å². The van der Waals surface area contributed by atoms with Gasteiger partial charge in [-0.15, -0.1) is 0 Å². The maximum atomic E-state index is 12.2. The highest BCUT2D eigenvalue weighted by atomic mass is 16.5. The number of nitrogens with zero attached hydrogens (tertiary/aromatic N) is 1. The molecule has 5 heteroatoms. The molecule has 1 aliphatic carbocycles. The van der Waals surface area contributed by atoms with Gasteiger partial charge in [-0.1, -0.05) is 12.8 Å². The Labute approximate surface area is 114 Å². The maximum absolute atomic E-state index is 12.2. The van der Waals surface area contributed by atoms with Gasteiger partial charge in [0.25, 0.3) is 0 Å². The van der Waals surface area contributed by atoms with Gasteiger partial charge >= 0.3 is 5.97 Å². The summed E-state index contributed by atoms with van der Waals surface area (Å²) < 4.78 is 10.1. The van der Waals surface area contributed by atoms with Crippen LogP contribution in [0.1, 0.15) is 38.5 Å². The van der Waals surface area contributed by atoms with E-state index in [4.69, 9.17) is 4.74 Å². The van der Waals surface area contributed by atoms with Gasteiger partial charge in [0.15, 0.2) is 0 Å². The number of morpholine rings is 1. The van der Waals surface area contributed by atoms with Crippen molar-refractivity contribution in [3.8, 4) is 0 Å². The molecule has 2 fully saturated rings. The monoisotopic (exact) mass is 269 g/mol. The van der Waals surface area contributed by atoms with Crippen LogP contribution in [0.2, 0.25) is 0 Å². The van der Waals surface area contributed by atoms with Crippen LogP contribution in [0, 0.1) is 5.92 Å². The fourth-order valence-electron chi connectivity index (χ4n) is 2.93. The van der Waals surface area contributed by atoms with E-state index in [1.807, 2.05) is 4.90 Å². The number of amides is 1. The van der Waals surface area contributed by atoms with Crippen LogP contribution in [0.15, 0.2) is 0 Å². The van der Waals surface area contributed by atoms with Gasteiger partial charge in [0.1, 0.15) is 0 Å². The summed E-state index contributed by atoms with van der Waals surface area (Å²) in [6, 6.07) is 0. The molecule has 2 rings (SSSR count). The fourth-order valence-corrected chi connectivity index (χ4v) is 2.93. The van der Waals surface area contributed by atoms with Crippen molar-refractivity contribution in [1.29, 1.82) is 0 Å². The van der Waals surface area contributed by atoms with Crippen LogP contribution in [0.4, 0.5) is 0 Å². The lowest BCUT2D eigenvalue weighted by molar-refractivity contribution is -0.150. The van der Waals surface area contributed by atoms with Crippen LogP contribution in [-0.2, 0) is 19.1 Å². The van der Waals surface area contributed by atoms with E-state index in [-0.39, 0.29) is 24.4 Å². The molecule has 0 aromatic carbocycles. The molecular formula is C14H23NO4. The molecule has 0 N–H and O–H groups in total. The number of hydrogen-bond acceptors (Lipinski definition) is 4. The number of carbonyl (C=O) groups excluding carboxylic acids is 2. The minimum atomic E-state index is -0.282. The van der Waals surface area contributed by atoms with Gasteiger partial charge in [0.05, 0.1) is 26.2 Å². The molecule has 5 nitrogen and oxygen atoms in total. The molecule has 1 saturated carbocycles. The normalized spacial score (nSPS) is 24.5. The summed E-state index contributed by atoms with van der Waals surface area (Å²) >= 11 is 0. The van der Waals surface area contributed by atoms with Crippen molar-refractivity contribution in [2.45, 2.75) is 44.6 Å². The molecule has 0 radical (unpaired) electrons. The SMILES string of the molecule is COC(=O)CC1CN(C(=O)CC2CCCC2)CCO1. The molecule has 0 aromatic heterocycles. The van der Waals surface area contributed by atoms with Crippen molar-refractivity contribution in [2.75, 3.05) is 26.8 Å². The van der Waals surface area contributed by atoms with Gasteiger partial charge in [0.2, 0.25) is 5.91 Å². The molecule has 0 aromatic rings. The first kappa shape index (κ1) is 14.3. The second-order valence-corrected chi connectivity index (χ2v) is 5.47. The van der Waals surface area contributed by atoms with Crippen molar-refractivity contribution < 1.29 is 19.1 Å². The first-order valence-electron chi connectivity index (χ1n) is 7.15. The molecule has 1 aliphatic heterocycles. The zero-order chi connectivity index (χ0) is 13.7. The highest BCUT2D eigenvalue weighted by Gasteiger charge is 2.28. The van der Waals surface area contributed by atoms with Crippen LogP contribution in [0.5, 0.6) is 0 Å². The smallest absolute Gasteiger partial charge is 0.308 e. The summed E-state index contributed by atoms with van der Waals surface area (Å²) in [7, 11) is 1.37. The Bertz CT molecular complexity index is 325. The summed E-state index contributed by atoms with van der Waals surface area (Å²) in [6.45, 7) is 1.67. The van der Waals surface area contributed by atoms with Gasteiger partial charge in [0, 0.05) is 19.5 Å². The highest BCUT2D eigenvalue weighted by molar-refractivity contribution is 5.77. The molecule has 2 aliphatic rings. The second-order valence-electron chi connectivity index (χ2n) is 5.47. The van der Waals surface area contributed by atoms with Gasteiger partial charge in [-0.05, 0) is 18.8 Å². The quantitative estimate of drug-likeness (QED) is 0.723. The Morgan fingerprint density at radius 2 is 2.00 bits per heavy atom. The van der Waals surface area contributed by atoms with Crippen LogP contribution in [-0.4, -0.2) is 49.7 Å². The lowest BCUT2D eigenvalue weighted by Crippen LogP contribution is -2.46. The molecule has 108 valence electrons. The van der Waals surface area contributed by atoms with Crippen LogP contribution in [0.3, 0.4) is 0 Å². The maximum Gasteiger partial charge on any atom is 0.308 e. The lowest BCUT2D eigenvalue weighted by atomic mass is 10.0. The number of methoxy groups -OCH3 is 1. The standard InChI is InChI=1S/C14H23NO4/c1-18-14(17)9-12-10-15(6-7-19-12)13(16)8-11-4-2-3-5-11/h11-12H,2-10H2,1H3. The molecule has 0 spiro atoms. The van der Waals surface area contributed by atoms with Crippen molar-refractivity contribution in [3.63, 3.8) is 0 Å². The average molecular weight is 269 g/mol. The second kappa shape index (κ2) is 6.89. The lowest BCUT2D eigenvalue weighted by Gasteiger charge is -2.33. The van der Waals surface area contributed by atoms with Gasteiger partial charge in [-0.2, -0.15) is 0 Å². The van der Waals surface area contributed by atoms with E-state index in [1.165, 1.54) is 32.8 Å². The Morgan fingerprint density at radius 3 is 2.68 bits per heavy atom. The zero-order valence-electron chi connectivity index (χ0n) is 11.6. The third-order valence-corrected chi connectivity index (χ3v) is 4.05. The zero-order valence-corrected chi connectivity index (χ0v) is 11.6. The van der Waals surface area contributed by atoms with E-state index in [9.17, 15) is 9.59 Å². The summed E-state index contributed by atoms with van der Waals surface area (Å²) in [5.74, 6) is 0.495. The molecule has 1 saturated heterocycles. The van der Waals surface area contributed by atoms with E-state index in [2.05, 4.69) is 4.74 Å². The Balaban J connectivity index is 1.79. The molecule has 1 atom stereocenters. The summed E-state index contributed by atoms with van der Waals surface area (Å²) in [4.78, 5) is 25.3. The molecular weight excluding hydrogens is 246 g/mol. The largest absolute Gasteiger partial charge is 0.469 e. The van der Waals surface area contributed by atoms with E-state index < -0.39 is 0 Å². The van der Waals surface area contributed by atoms with Gasteiger partial charge < -0.3 is 14.4 Å². The third kappa shape index (κ3) is 4.20. The first-order chi connectivity index (χ1) is 9.19. The van der Waals surface area contributed by atoms with Crippen LogP contribution in [0.25, 0.3) is 0 Å². The van der Waals surface area contributed by atoms with Crippen molar-refractivity contribution in [3.05, 3.63) is 0 Å². The number of esters is 1. The fraction of sp³-hybridized carbons (Fsp3) is 0.857. The van der Waals surface area contributed by atoms with E-state index in [1.54, 1.807) is 0 Å². The number of hydrogen-bond donors (Lipinski definition) is 0. The van der Waals surface area contributed by atoms with E-state index in [0.29, 0.717) is 32.0 Å². The molecule has 0 bridgehead atoms. The van der Waals surface area contributed by atoms with Crippen molar-refractivity contribution in [1.82, 2.24) is 4.90 Å². The van der Waals surface area contributed by atoms with E-state index in [0.717, 1.165) is 0 Å². The number of ether oxygens (including phenoxy) is 2. The van der Waals surface area contributed by atoms with Crippen LogP contribution >= 0.6 is 0 Å². The first-order valence-corrected chi connectivity index (χ1v) is 7.15. The third-order valence-electron chi connectivity index (χ3n) is 4.05. The Hall–Kier alpha value is -1.10. The Kier molecular flexibility index (Phi) is 5.19. The average Bonchev–Trinajstić information content (AvgIpc) is 2.91. The summed E-state index contributed by atoms with van der Waals surface area (Å²) in [5, 5.41) is 0. The number of rotatable bonds is 4. The minimum absolute atomic E-state index is 0.213. The highest BCUT2D eigenvalue weighted by Crippen LogP contribution is 2.28. The Morgan fingerprint density at radius 1 is 1.26 bits per heavy atom. The molecule has 1 heterocycles. The predicted molar refractivity (Wildman–Crippen MR) is 69.5 cm³/mol. The molecule has 1 amide bonds. The molecule has 1 unspecified atom stereocenters. The predicted octanol–water partition coefficient (Wildman–Crippen LogP) is 1.36. The van der Waals surface area contributed by atoms with E-state index >= 15 is 0 Å². The summed E-state index contributed by atoms with van der Waals surface area (Å²) in [6.07, 6.45) is 5.55. The van der Waals surface area contributed by atoms with Crippen LogP contribution < -0.4 is 0 Å². The molecule has 19 heavy (non-hydrogen) atoms. The van der Waals surface area contributed by atoms with Crippen molar-refractivity contribution in [2.24, 2.45) is 5.92 Å². The minimum Gasteiger partial charge on any atom is -0.469 e. The summed E-state index contributed by atoms with van der Waals surface area (Å²) in [5.41, 5.74) is 0. The van der Waals surface area contributed by atoms with Gasteiger partial charge in [-0.25, -0.2) is 0 Å². The topological polar surface area (TPSA) is 55.8 Å². The van der Waals surface area contributed by atoms with Gasteiger partial charge in [-0.3, -0.25) is 9.59 Å².